The van der Waals surface area contributed by atoms with Crippen LogP contribution in [-0.4, -0.2) is 13.2 Å². The molecule has 0 aliphatic heterocycles. The van der Waals surface area contributed by atoms with Gasteiger partial charge in [-0.15, -0.1) is 11.3 Å². The SMILES string of the molecule is COc1cc(-c2sc(F)cc2NC(=O)OC(C)c2cc(F)ccc2C)ccc1-c1ccc(C2CC2)cc1. The Morgan fingerprint density at radius 1 is 1.00 bits per heavy atom. The highest BCUT2D eigenvalue weighted by Gasteiger charge is 2.23. The molecule has 1 atom stereocenters. The van der Waals surface area contributed by atoms with Gasteiger partial charge in [0, 0.05) is 11.6 Å². The molecule has 4 nitrogen and oxygen atoms in total. The van der Waals surface area contributed by atoms with Gasteiger partial charge in [-0.1, -0.05) is 42.5 Å². The molecule has 7 heteroatoms. The summed E-state index contributed by atoms with van der Waals surface area (Å²) in [4.78, 5) is 13.2. The zero-order chi connectivity index (χ0) is 26.1. The second kappa shape index (κ2) is 10.3. The summed E-state index contributed by atoms with van der Waals surface area (Å²) in [7, 11) is 1.60. The molecule has 1 aliphatic carbocycles. The molecule has 190 valence electrons. The van der Waals surface area contributed by atoms with Gasteiger partial charge in [0.1, 0.15) is 17.7 Å². The third-order valence-corrected chi connectivity index (χ3v) is 7.61. The van der Waals surface area contributed by atoms with Gasteiger partial charge in [-0.05, 0) is 78.6 Å². The number of amides is 1. The first-order valence-corrected chi connectivity index (χ1v) is 13.0. The van der Waals surface area contributed by atoms with Gasteiger partial charge in [0.05, 0.1) is 17.7 Å². The zero-order valence-corrected chi connectivity index (χ0v) is 21.6. The Balaban J connectivity index is 1.36. The molecule has 1 N–H and O–H groups in total. The molecule has 1 amide bonds. The average Bonchev–Trinajstić information content (AvgIpc) is 3.67. The molecule has 1 aromatic heterocycles. The molecule has 1 fully saturated rings. The fourth-order valence-corrected chi connectivity index (χ4v) is 5.34. The molecule has 0 bridgehead atoms. The predicted molar refractivity (Wildman–Crippen MR) is 143 cm³/mol. The van der Waals surface area contributed by atoms with Gasteiger partial charge < -0.3 is 9.47 Å². The summed E-state index contributed by atoms with van der Waals surface area (Å²) in [6, 6.07) is 19.8. The van der Waals surface area contributed by atoms with Crippen molar-refractivity contribution in [3.8, 4) is 27.3 Å². The van der Waals surface area contributed by atoms with Gasteiger partial charge in [0.25, 0.3) is 0 Å². The maximum atomic E-state index is 14.3. The summed E-state index contributed by atoms with van der Waals surface area (Å²) < 4.78 is 39.2. The Hall–Kier alpha value is -3.71. The summed E-state index contributed by atoms with van der Waals surface area (Å²) in [6.07, 6.45) is 1.06. The van der Waals surface area contributed by atoms with Gasteiger partial charge in [0.15, 0.2) is 5.13 Å². The maximum Gasteiger partial charge on any atom is 0.412 e. The monoisotopic (exact) mass is 519 g/mol. The van der Waals surface area contributed by atoms with Crippen LogP contribution in [0.25, 0.3) is 21.6 Å². The van der Waals surface area contributed by atoms with Crippen molar-refractivity contribution < 1.29 is 23.0 Å². The summed E-state index contributed by atoms with van der Waals surface area (Å²) in [5, 5.41) is 2.20. The van der Waals surface area contributed by atoms with Crippen molar-refractivity contribution in [2.24, 2.45) is 0 Å². The Labute approximate surface area is 218 Å². The molecular weight excluding hydrogens is 492 g/mol. The molecule has 1 heterocycles. The Bertz CT molecular complexity index is 1440. The largest absolute Gasteiger partial charge is 0.496 e. The molecule has 0 radical (unpaired) electrons. The molecule has 0 saturated heterocycles. The summed E-state index contributed by atoms with van der Waals surface area (Å²) in [5.74, 6) is 0.926. The highest BCUT2D eigenvalue weighted by molar-refractivity contribution is 7.14. The van der Waals surface area contributed by atoms with Crippen LogP contribution in [0.1, 0.15) is 48.5 Å². The number of halogens is 2. The van der Waals surface area contributed by atoms with Crippen molar-refractivity contribution in [3.05, 3.63) is 94.4 Å². The number of thiophene rings is 1. The predicted octanol–water partition coefficient (Wildman–Crippen LogP) is 8.86. The van der Waals surface area contributed by atoms with E-state index in [0.717, 1.165) is 28.0 Å². The quantitative estimate of drug-likeness (QED) is 0.265. The minimum Gasteiger partial charge on any atom is -0.496 e. The third kappa shape index (κ3) is 5.52. The average molecular weight is 520 g/mol. The van der Waals surface area contributed by atoms with Crippen molar-refractivity contribution in [1.29, 1.82) is 0 Å². The van der Waals surface area contributed by atoms with Crippen LogP contribution >= 0.6 is 11.3 Å². The Kier molecular flexibility index (Phi) is 6.98. The van der Waals surface area contributed by atoms with E-state index in [2.05, 4.69) is 29.6 Å². The van der Waals surface area contributed by atoms with Crippen LogP contribution in [0.15, 0.2) is 66.7 Å². The number of methoxy groups -OCH3 is 1. The van der Waals surface area contributed by atoms with Crippen LogP contribution in [0.5, 0.6) is 5.75 Å². The normalized spacial score (nSPS) is 13.8. The van der Waals surface area contributed by atoms with Crippen molar-refractivity contribution in [1.82, 2.24) is 0 Å². The highest BCUT2D eigenvalue weighted by atomic mass is 32.1. The topological polar surface area (TPSA) is 47.6 Å². The molecular formula is C30H27F2NO3S. The second-order valence-corrected chi connectivity index (χ2v) is 10.3. The molecule has 1 unspecified atom stereocenters. The van der Waals surface area contributed by atoms with E-state index in [0.29, 0.717) is 33.4 Å². The molecule has 3 aromatic carbocycles. The van der Waals surface area contributed by atoms with E-state index in [4.69, 9.17) is 9.47 Å². The van der Waals surface area contributed by atoms with Crippen molar-refractivity contribution >= 4 is 23.1 Å². The molecule has 4 aromatic rings. The highest BCUT2D eigenvalue weighted by Crippen LogP contribution is 2.43. The standard InChI is InChI=1S/C30H27F2NO3S/c1-17-4-12-23(31)15-25(17)18(2)36-30(34)33-26-16-28(32)37-29(26)22-11-13-24(27(14-22)35-3)21-9-7-20(8-10-21)19-5-6-19/h4,7-16,18-19H,5-6H2,1-3H3,(H,33,34). The lowest BCUT2D eigenvalue weighted by Gasteiger charge is -2.17. The third-order valence-electron chi connectivity index (χ3n) is 6.64. The zero-order valence-electron chi connectivity index (χ0n) is 20.8. The van der Waals surface area contributed by atoms with Gasteiger partial charge >= 0.3 is 6.09 Å². The fraction of sp³-hybridized carbons (Fsp3) is 0.233. The number of aryl methyl sites for hydroxylation is 1. The van der Waals surface area contributed by atoms with E-state index in [9.17, 15) is 13.6 Å². The smallest absolute Gasteiger partial charge is 0.412 e. The van der Waals surface area contributed by atoms with Crippen LogP contribution in [0.4, 0.5) is 19.3 Å². The first kappa shape index (κ1) is 25.0. The second-order valence-electron chi connectivity index (χ2n) is 9.28. The molecule has 1 saturated carbocycles. The van der Waals surface area contributed by atoms with Crippen LogP contribution in [-0.2, 0) is 4.74 Å². The van der Waals surface area contributed by atoms with Crippen LogP contribution in [0.2, 0.25) is 0 Å². The van der Waals surface area contributed by atoms with Gasteiger partial charge in [-0.2, -0.15) is 4.39 Å². The van der Waals surface area contributed by atoms with Crippen LogP contribution in [0, 0.1) is 17.9 Å². The van der Waals surface area contributed by atoms with Crippen LogP contribution < -0.4 is 10.1 Å². The molecule has 0 spiro atoms. The van der Waals surface area contributed by atoms with E-state index in [1.54, 1.807) is 20.1 Å². The van der Waals surface area contributed by atoms with E-state index in [1.807, 2.05) is 25.1 Å². The Morgan fingerprint density at radius 2 is 1.73 bits per heavy atom. The van der Waals surface area contributed by atoms with Crippen molar-refractivity contribution in [3.63, 3.8) is 0 Å². The lowest BCUT2D eigenvalue weighted by molar-refractivity contribution is 0.120. The van der Waals surface area contributed by atoms with Crippen LogP contribution in [0.3, 0.4) is 0 Å². The maximum absolute atomic E-state index is 14.3. The number of hydrogen-bond donors (Lipinski definition) is 1. The van der Waals surface area contributed by atoms with Crippen molar-refractivity contribution in [2.75, 3.05) is 12.4 Å². The number of nitrogens with one attached hydrogen (secondary N) is 1. The van der Waals surface area contributed by atoms with Gasteiger partial charge in [0.2, 0.25) is 0 Å². The first-order valence-electron chi connectivity index (χ1n) is 12.1. The van der Waals surface area contributed by atoms with E-state index < -0.39 is 23.1 Å². The number of benzene rings is 3. The molecule has 1 aliphatic rings. The van der Waals surface area contributed by atoms with Crippen molar-refractivity contribution in [2.45, 2.75) is 38.7 Å². The molecule has 37 heavy (non-hydrogen) atoms. The summed E-state index contributed by atoms with van der Waals surface area (Å²) >= 11 is 0.920. The number of rotatable bonds is 7. The molecule has 5 rings (SSSR count). The van der Waals surface area contributed by atoms with E-state index in [1.165, 1.54) is 36.6 Å². The Morgan fingerprint density at radius 3 is 2.43 bits per heavy atom. The number of carbonyl (C=O) groups is 1. The lowest BCUT2D eigenvalue weighted by Crippen LogP contribution is -2.16. The minimum atomic E-state index is -0.755. The van der Waals surface area contributed by atoms with Gasteiger partial charge in [-0.3, -0.25) is 5.32 Å². The minimum absolute atomic E-state index is 0.291. The summed E-state index contributed by atoms with van der Waals surface area (Å²) in [5.41, 5.74) is 5.69. The lowest BCUT2D eigenvalue weighted by atomic mass is 9.99. The number of carbonyl (C=O) groups excluding carboxylic acids is 1. The number of anilines is 1. The summed E-state index contributed by atoms with van der Waals surface area (Å²) in [6.45, 7) is 3.48. The van der Waals surface area contributed by atoms with Gasteiger partial charge in [-0.25, -0.2) is 9.18 Å². The number of hydrogen-bond acceptors (Lipinski definition) is 4. The van der Waals surface area contributed by atoms with E-state index in [-0.39, 0.29) is 0 Å². The fourth-order valence-electron chi connectivity index (χ4n) is 4.50. The van der Waals surface area contributed by atoms with E-state index >= 15 is 0 Å². The number of ether oxygens (including phenoxy) is 2. The first-order chi connectivity index (χ1) is 17.8.